The lowest BCUT2D eigenvalue weighted by molar-refractivity contribution is 0.307. The van der Waals surface area contributed by atoms with E-state index in [1.54, 1.807) is 12.1 Å². The van der Waals surface area contributed by atoms with Gasteiger partial charge in [-0.25, -0.2) is 4.39 Å². The van der Waals surface area contributed by atoms with Gasteiger partial charge in [0.05, 0.1) is 0 Å². The van der Waals surface area contributed by atoms with Crippen LogP contribution in [0.25, 0.3) is 0 Å². The number of para-hydroxylation sites is 1. The average molecular weight is 259 g/mol. The van der Waals surface area contributed by atoms with Crippen molar-refractivity contribution in [2.24, 2.45) is 0 Å². The van der Waals surface area contributed by atoms with Crippen LogP contribution < -0.4 is 10.1 Å². The van der Waals surface area contributed by atoms with E-state index in [0.29, 0.717) is 6.61 Å². The van der Waals surface area contributed by atoms with Gasteiger partial charge in [0.15, 0.2) is 0 Å². The van der Waals surface area contributed by atoms with Crippen LogP contribution in [0.1, 0.15) is 18.5 Å². The number of rotatable bonds is 6. The van der Waals surface area contributed by atoms with Gasteiger partial charge in [-0.05, 0) is 36.8 Å². The molecule has 0 saturated carbocycles. The Hall–Kier alpha value is -1.87. The highest BCUT2D eigenvalue weighted by Crippen LogP contribution is 2.12. The Morgan fingerprint density at radius 1 is 1.05 bits per heavy atom. The van der Waals surface area contributed by atoms with E-state index in [9.17, 15) is 4.39 Å². The van der Waals surface area contributed by atoms with Crippen LogP contribution in [-0.4, -0.2) is 13.2 Å². The summed E-state index contributed by atoms with van der Waals surface area (Å²) >= 11 is 0. The SMILES string of the molecule is CC(NCCOc1ccccc1)c1ccc(F)cc1. The lowest BCUT2D eigenvalue weighted by atomic mass is 10.1. The first-order chi connectivity index (χ1) is 9.25. The standard InChI is InChI=1S/C16H18FNO/c1-13(14-7-9-15(17)10-8-14)18-11-12-19-16-5-3-2-4-6-16/h2-10,13,18H,11-12H2,1H3. The first-order valence-corrected chi connectivity index (χ1v) is 6.42. The first-order valence-electron chi connectivity index (χ1n) is 6.42. The van der Waals surface area contributed by atoms with Crippen molar-refractivity contribution in [1.82, 2.24) is 5.32 Å². The molecule has 0 saturated heterocycles. The number of hydrogen-bond acceptors (Lipinski definition) is 2. The summed E-state index contributed by atoms with van der Waals surface area (Å²) in [6, 6.07) is 16.5. The van der Waals surface area contributed by atoms with Crippen LogP contribution in [0, 0.1) is 5.82 Å². The lowest BCUT2D eigenvalue weighted by Crippen LogP contribution is -2.24. The summed E-state index contributed by atoms with van der Waals surface area (Å²) in [4.78, 5) is 0. The van der Waals surface area contributed by atoms with Crippen LogP contribution in [0.4, 0.5) is 4.39 Å². The van der Waals surface area contributed by atoms with Crippen LogP contribution in [-0.2, 0) is 0 Å². The van der Waals surface area contributed by atoms with Crippen molar-refractivity contribution in [3.63, 3.8) is 0 Å². The fraction of sp³-hybridized carbons (Fsp3) is 0.250. The molecule has 2 aromatic rings. The van der Waals surface area contributed by atoms with Crippen molar-refractivity contribution < 1.29 is 9.13 Å². The maximum absolute atomic E-state index is 12.8. The Labute approximate surface area is 113 Å². The third-order valence-corrected chi connectivity index (χ3v) is 2.93. The van der Waals surface area contributed by atoms with E-state index in [1.807, 2.05) is 30.3 Å². The topological polar surface area (TPSA) is 21.3 Å². The molecule has 0 amide bonds. The molecule has 19 heavy (non-hydrogen) atoms. The summed E-state index contributed by atoms with van der Waals surface area (Å²) in [7, 11) is 0. The zero-order valence-electron chi connectivity index (χ0n) is 11.0. The molecule has 3 heteroatoms. The van der Waals surface area contributed by atoms with Gasteiger partial charge < -0.3 is 10.1 Å². The average Bonchev–Trinajstić information content (AvgIpc) is 2.45. The second-order valence-corrected chi connectivity index (χ2v) is 4.39. The number of halogens is 1. The number of nitrogens with one attached hydrogen (secondary N) is 1. The molecule has 1 atom stereocenters. The predicted molar refractivity (Wildman–Crippen MR) is 74.8 cm³/mol. The number of benzene rings is 2. The van der Waals surface area contributed by atoms with E-state index in [1.165, 1.54) is 12.1 Å². The lowest BCUT2D eigenvalue weighted by Gasteiger charge is -2.14. The maximum Gasteiger partial charge on any atom is 0.123 e. The Morgan fingerprint density at radius 3 is 2.42 bits per heavy atom. The molecule has 0 heterocycles. The minimum absolute atomic E-state index is 0.181. The quantitative estimate of drug-likeness (QED) is 0.801. The Kier molecular flexibility index (Phi) is 4.93. The van der Waals surface area contributed by atoms with Gasteiger partial charge in [-0.1, -0.05) is 30.3 Å². The number of ether oxygens (including phenoxy) is 1. The summed E-state index contributed by atoms with van der Waals surface area (Å²) in [6.45, 7) is 3.40. The molecule has 0 bridgehead atoms. The molecule has 2 rings (SSSR count). The zero-order chi connectivity index (χ0) is 13.5. The van der Waals surface area contributed by atoms with Crippen LogP contribution in [0.5, 0.6) is 5.75 Å². The minimum Gasteiger partial charge on any atom is -0.492 e. The molecular weight excluding hydrogens is 241 g/mol. The molecule has 0 fully saturated rings. The van der Waals surface area contributed by atoms with Gasteiger partial charge in [0, 0.05) is 12.6 Å². The maximum atomic E-state index is 12.8. The number of hydrogen-bond donors (Lipinski definition) is 1. The Morgan fingerprint density at radius 2 is 1.74 bits per heavy atom. The van der Waals surface area contributed by atoms with Crippen molar-refractivity contribution in [2.75, 3.05) is 13.2 Å². The fourth-order valence-corrected chi connectivity index (χ4v) is 1.83. The van der Waals surface area contributed by atoms with E-state index in [2.05, 4.69) is 12.2 Å². The molecule has 0 aromatic heterocycles. The largest absolute Gasteiger partial charge is 0.492 e. The predicted octanol–water partition coefficient (Wildman–Crippen LogP) is 3.56. The highest BCUT2D eigenvalue weighted by atomic mass is 19.1. The van der Waals surface area contributed by atoms with Gasteiger partial charge >= 0.3 is 0 Å². The fourth-order valence-electron chi connectivity index (χ4n) is 1.83. The molecule has 0 aliphatic carbocycles. The molecule has 2 nitrogen and oxygen atoms in total. The van der Waals surface area contributed by atoms with Gasteiger partial charge in [-0.3, -0.25) is 0 Å². The molecule has 0 radical (unpaired) electrons. The van der Waals surface area contributed by atoms with Crippen LogP contribution in [0.2, 0.25) is 0 Å². The van der Waals surface area contributed by atoms with Gasteiger partial charge in [-0.2, -0.15) is 0 Å². The van der Waals surface area contributed by atoms with Gasteiger partial charge in [0.1, 0.15) is 18.2 Å². The van der Waals surface area contributed by atoms with Crippen molar-refractivity contribution in [1.29, 1.82) is 0 Å². The monoisotopic (exact) mass is 259 g/mol. The third-order valence-electron chi connectivity index (χ3n) is 2.93. The molecule has 1 unspecified atom stereocenters. The minimum atomic E-state index is -0.205. The summed E-state index contributed by atoms with van der Waals surface area (Å²) in [6.07, 6.45) is 0. The Bertz CT molecular complexity index is 484. The van der Waals surface area contributed by atoms with Crippen molar-refractivity contribution in [3.05, 3.63) is 66.0 Å². The molecule has 0 aliphatic rings. The first kappa shape index (κ1) is 13.6. The van der Waals surface area contributed by atoms with E-state index in [-0.39, 0.29) is 11.9 Å². The van der Waals surface area contributed by atoms with E-state index >= 15 is 0 Å². The van der Waals surface area contributed by atoms with Crippen molar-refractivity contribution in [2.45, 2.75) is 13.0 Å². The van der Waals surface area contributed by atoms with Gasteiger partial charge in [0.2, 0.25) is 0 Å². The van der Waals surface area contributed by atoms with E-state index in [0.717, 1.165) is 17.9 Å². The molecule has 1 N–H and O–H groups in total. The highest BCUT2D eigenvalue weighted by Gasteiger charge is 2.04. The smallest absolute Gasteiger partial charge is 0.123 e. The van der Waals surface area contributed by atoms with Crippen LogP contribution in [0.15, 0.2) is 54.6 Å². The van der Waals surface area contributed by atoms with Crippen molar-refractivity contribution >= 4 is 0 Å². The molecule has 0 aliphatic heterocycles. The highest BCUT2D eigenvalue weighted by molar-refractivity contribution is 5.21. The summed E-state index contributed by atoms with van der Waals surface area (Å²) in [5.74, 6) is 0.669. The third kappa shape index (κ3) is 4.38. The molecular formula is C16H18FNO. The molecule has 100 valence electrons. The summed E-state index contributed by atoms with van der Waals surface area (Å²) < 4.78 is 18.4. The molecule has 2 aromatic carbocycles. The Balaban J connectivity index is 1.72. The van der Waals surface area contributed by atoms with E-state index < -0.39 is 0 Å². The van der Waals surface area contributed by atoms with Gasteiger partial charge in [0.25, 0.3) is 0 Å². The van der Waals surface area contributed by atoms with Crippen LogP contribution >= 0.6 is 0 Å². The summed E-state index contributed by atoms with van der Waals surface area (Å²) in [5, 5.41) is 3.34. The molecule has 0 spiro atoms. The zero-order valence-corrected chi connectivity index (χ0v) is 11.0. The van der Waals surface area contributed by atoms with Crippen LogP contribution in [0.3, 0.4) is 0 Å². The van der Waals surface area contributed by atoms with Crippen molar-refractivity contribution in [3.8, 4) is 5.75 Å². The second kappa shape index (κ2) is 6.90. The van der Waals surface area contributed by atoms with E-state index in [4.69, 9.17) is 4.74 Å². The normalized spacial score (nSPS) is 12.1. The summed E-state index contributed by atoms with van der Waals surface area (Å²) in [5.41, 5.74) is 1.07. The van der Waals surface area contributed by atoms with Gasteiger partial charge in [-0.15, -0.1) is 0 Å². The second-order valence-electron chi connectivity index (χ2n) is 4.39.